The van der Waals surface area contributed by atoms with Crippen molar-refractivity contribution in [2.45, 2.75) is 51.2 Å². The number of fused-ring (bicyclic) bond motifs is 1. The third-order valence-electron chi connectivity index (χ3n) is 3.76. The molecule has 0 spiro atoms. The van der Waals surface area contributed by atoms with Crippen LogP contribution in [-0.2, 0) is 6.42 Å². The van der Waals surface area contributed by atoms with Gasteiger partial charge < -0.3 is 15.5 Å². The van der Waals surface area contributed by atoms with Crippen molar-refractivity contribution in [3.63, 3.8) is 0 Å². The normalized spacial score (nSPS) is 21.6. The van der Waals surface area contributed by atoms with Crippen LogP contribution < -0.4 is 5.32 Å². The van der Waals surface area contributed by atoms with E-state index in [1.165, 1.54) is 5.56 Å². The molecular formula is C15H23NO2. The summed E-state index contributed by atoms with van der Waals surface area (Å²) in [5, 5.41) is 23.4. The van der Waals surface area contributed by atoms with Gasteiger partial charge in [-0.1, -0.05) is 25.5 Å². The van der Waals surface area contributed by atoms with Crippen molar-refractivity contribution in [3.8, 4) is 5.75 Å². The van der Waals surface area contributed by atoms with Gasteiger partial charge in [-0.25, -0.2) is 0 Å². The van der Waals surface area contributed by atoms with Crippen LogP contribution in [0.2, 0.25) is 0 Å². The molecule has 0 fully saturated rings. The van der Waals surface area contributed by atoms with Crippen molar-refractivity contribution in [1.29, 1.82) is 0 Å². The number of aliphatic hydroxyl groups is 1. The SMILES string of the molecule is CCCC(C)(O)CNC1CCc2c(O)cccc21. The molecule has 2 unspecified atom stereocenters. The highest BCUT2D eigenvalue weighted by Gasteiger charge is 2.27. The van der Waals surface area contributed by atoms with Crippen LogP contribution in [-0.4, -0.2) is 22.4 Å². The van der Waals surface area contributed by atoms with Crippen LogP contribution in [0.15, 0.2) is 18.2 Å². The molecule has 1 aliphatic carbocycles. The molecule has 3 nitrogen and oxygen atoms in total. The summed E-state index contributed by atoms with van der Waals surface area (Å²) in [6, 6.07) is 5.96. The van der Waals surface area contributed by atoms with E-state index in [9.17, 15) is 10.2 Å². The highest BCUT2D eigenvalue weighted by Crippen LogP contribution is 2.36. The van der Waals surface area contributed by atoms with E-state index >= 15 is 0 Å². The van der Waals surface area contributed by atoms with Gasteiger partial charge >= 0.3 is 0 Å². The van der Waals surface area contributed by atoms with Crippen molar-refractivity contribution >= 4 is 0 Å². The molecule has 18 heavy (non-hydrogen) atoms. The number of hydrogen-bond acceptors (Lipinski definition) is 3. The van der Waals surface area contributed by atoms with Gasteiger partial charge in [-0.3, -0.25) is 0 Å². The Morgan fingerprint density at radius 3 is 2.94 bits per heavy atom. The molecule has 0 bridgehead atoms. The van der Waals surface area contributed by atoms with Crippen molar-refractivity contribution < 1.29 is 10.2 Å². The lowest BCUT2D eigenvalue weighted by Gasteiger charge is -2.25. The van der Waals surface area contributed by atoms with Crippen LogP contribution in [0.3, 0.4) is 0 Å². The Morgan fingerprint density at radius 2 is 2.22 bits per heavy atom. The lowest BCUT2D eigenvalue weighted by atomic mass is 9.99. The Morgan fingerprint density at radius 1 is 1.44 bits per heavy atom. The molecule has 0 aromatic heterocycles. The van der Waals surface area contributed by atoms with Crippen molar-refractivity contribution in [2.24, 2.45) is 0 Å². The molecular weight excluding hydrogens is 226 g/mol. The molecule has 0 saturated heterocycles. The Balaban J connectivity index is 2.00. The van der Waals surface area contributed by atoms with E-state index in [4.69, 9.17) is 0 Å². The molecule has 3 N–H and O–H groups in total. The Kier molecular flexibility index (Phi) is 3.93. The molecule has 1 aliphatic rings. The average Bonchev–Trinajstić information content (AvgIpc) is 2.71. The zero-order valence-electron chi connectivity index (χ0n) is 11.2. The van der Waals surface area contributed by atoms with Crippen LogP contribution in [0.1, 0.15) is 50.3 Å². The van der Waals surface area contributed by atoms with E-state index in [-0.39, 0.29) is 6.04 Å². The van der Waals surface area contributed by atoms with Gasteiger partial charge in [0.05, 0.1) is 5.60 Å². The van der Waals surface area contributed by atoms with Crippen LogP contribution in [0.5, 0.6) is 5.75 Å². The second kappa shape index (κ2) is 5.29. The summed E-state index contributed by atoms with van der Waals surface area (Å²) >= 11 is 0. The van der Waals surface area contributed by atoms with Crippen molar-refractivity contribution in [1.82, 2.24) is 5.32 Å². The lowest BCUT2D eigenvalue weighted by molar-refractivity contribution is 0.0471. The summed E-state index contributed by atoms with van der Waals surface area (Å²) < 4.78 is 0. The molecule has 0 heterocycles. The first-order valence-corrected chi connectivity index (χ1v) is 6.80. The third-order valence-corrected chi connectivity index (χ3v) is 3.76. The molecule has 0 aliphatic heterocycles. The molecule has 0 saturated carbocycles. The van der Waals surface area contributed by atoms with Gasteiger partial charge in [0.2, 0.25) is 0 Å². The highest BCUT2D eigenvalue weighted by atomic mass is 16.3. The average molecular weight is 249 g/mol. The number of hydrogen-bond donors (Lipinski definition) is 3. The summed E-state index contributed by atoms with van der Waals surface area (Å²) in [6.45, 7) is 4.56. The summed E-state index contributed by atoms with van der Waals surface area (Å²) in [5.74, 6) is 0.400. The van der Waals surface area contributed by atoms with E-state index in [1.54, 1.807) is 6.07 Å². The van der Waals surface area contributed by atoms with Gasteiger partial charge in [0.15, 0.2) is 0 Å². The quantitative estimate of drug-likeness (QED) is 0.751. The summed E-state index contributed by atoms with van der Waals surface area (Å²) in [5.41, 5.74) is 1.60. The first-order chi connectivity index (χ1) is 8.53. The van der Waals surface area contributed by atoms with E-state index < -0.39 is 5.60 Å². The Hall–Kier alpha value is -1.06. The zero-order valence-corrected chi connectivity index (χ0v) is 11.2. The summed E-state index contributed by atoms with van der Waals surface area (Å²) in [6.07, 6.45) is 3.70. The summed E-state index contributed by atoms with van der Waals surface area (Å²) in [7, 11) is 0. The minimum absolute atomic E-state index is 0.260. The molecule has 3 heteroatoms. The monoisotopic (exact) mass is 249 g/mol. The highest BCUT2D eigenvalue weighted by molar-refractivity contribution is 5.44. The molecule has 0 radical (unpaired) electrons. The molecule has 0 amide bonds. The second-order valence-corrected chi connectivity index (χ2v) is 5.56. The van der Waals surface area contributed by atoms with Gasteiger partial charge in [-0.2, -0.15) is 0 Å². The Labute approximate surface area is 109 Å². The molecule has 2 rings (SSSR count). The number of rotatable bonds is 5. The maximum atomic E-state index is 10.2. The van der Waals surface area contributed by atoms with Gasteiger partial charge in [-0.15, -0.1) is 0 Å². The minimum Gasteiger partial charge on any atom is -0.508 e. The van der Waals surface area contributed by atoms with Crippen LogP contribution in [0, 0.1) is 0 Å². The number of benzene rings is 1. The molecule has 1 aromatic carbocycles. The fourth-order valence-corrected chi connectivity index (χ4v) is 2.82. The molecule has 100 valence electrons. The topological polar surface area (TPSA) is 52.5 Å². The summed E-state index contributed by atoms with van der Waals surface area (Å²) in [4.78, 5) is 0. The van der Waals surface area contributed by atoms with E-state index in [0.717, 1.165) is 31.2 Å². The van der Waals surface area contributed by atoms with E-state index in [1.807, 2.05) is 13.0 Å². The third kappa shape index (κ3) is 2.85. The van der Waals surface area contributed by atoms with Crippen LogP contribution in [0.4, 0.5) is 0 Å². The van der Waals surface area contributed by atoms with Gasteiger partial charge in [0.1, 0.15) is 5.75 Å². The Bertz CT molecular complexity index is 415. The molecule has 1 aromatic rings. The van der Waals surface area contributed by atoms with Crippen LogP contribution in [0.25, 0.3) is 0 Å². The maximum Gasteiger partial charge on any atom is 0.119 e. The largest absolute Gasteiger partial charge is 0.508 e. The zero-order chi connectivity index (χ0) is 13.2. The fourth-order valence-electron chi connectivity index (χ4n) is 2.82. The van der Waals surface area contributed by atoms with Crippen molar-refractivity contribution in [3.05, 3.63) is 29.3 Å². The predicted octanol–water partition coefficient (Wildman–Crippen LogP) is 2.52. The van der Waals surface area contributed by atoms with E-state index in [2.05, 4.69) is 18.3 Å². The van der Waals surface area contributed by atoms with Gasteiger partial charge in [0.25, 0.3) is 0 Å². The minimum atomic E-state index is -0.645. The predicted molar refractivity (Wildman–Crippen MR) is 72.7 cm³/mol. The molecule has 2 atom stereocenters. The standard InChI is InChI=1S/C15H23NO2/c1-3-9-15(2,18)10-16-13-8-7-12-11(13)5-4-6-14(12)17/h4-6,13,16-18H,3,7-10H2,1-2H3. The van der Waals surface area contributed by atoms with E-state index in [0.29, 0.717) is 12.3 Å². The van der Waals surface area contributed by atoms with Gasteiger partial charge in [-0.05, 0) is 43.4 Å². The second-order valence-electron chi connectivity index (χ2n) is 5.56. The first kappa shape index (κ1) is 13.4. The van der Waals surface area contributed by atoms with Gasteiger partial charge in [0, 0.05) is 12.6 Å². The first-order valence-electron chi connectivity index (χ1n) is 6.80. The number of phenolic OH excluding ortho intramolecular Hbond substituents is 1. The fraction of sp³-hybridized carbons (Fsp3) is 0.600. The lowest BCUT2D eigenvalue weighted by Crippen LogP contribution is -2.38. The van der Waals surface area contributed by atoms with Crippen molar-refractivity contribution in [2.75, 3.05) is 6.54 Å². The number of phenols is 1. The number of aromatic hydroxyl groups is 1. The maximum absolute atomic E-state index is 10.2. The number of nitrogens with one attached hydrogen (secondary N) is 1. The smallest absolute Gasteiger partial charge is 0.119 e. The van der Waals surface area contributed by atoms with Crippen LogP contribution >= 0.6 is 0 Å².